The Morgan fingerprint density at radius 3 is 2.70 bits per heavy atom. The summed E-state index contributed by atoms with van der Waals surface area (Å²) < 4.78 is 4.18. The number of imidazole rings is 1. The van der Waals surface area contributed by atoms with Crippen molar-refractivity contribution in [3.05, 3.63) is 30.4 Å². The number of aromatic nitrogens is 5. The van der Waals surface area contributed by atoms with Crippen LogP contribution in [0.25, 0.3) is 0 Å². The predicted octanol–water partition coefficient (Wildman–Crippen LogP) is 1.25. The van der Waals surface area contributed by atoms with Crippen LogP contribution in [-0.2, 0) is 18.4 Å². The van der Waals surface area contributed by atoms with Gasteiger partial charge in [0.25, 0.3) is 0 Å². The summed E-state index contributed by atoms with van der Waals surface area (Å²) in [6.07, 6.45) is 10.1. The fraction of sp³-hybridized carbons (Fsp3) is 0.684. The quantitative estimate of drug-likeness (QED) is 0.809. The molecule has 2 aromatic rings. The molecular formula is C19H29N7O. The van der Waals surface area contributed by atoms with Gasteiger partial charge in [-0.3, -0.25) is 9.69 Å². The highest BCUT2D eigenvalue weighted by molar-refractivity contribution is 5.73. The van der Waals surface area contributed by atoms with E-state index in [2.05, 4.69) is 31.7 Å². The average molecular weight is 371 g/mol. The summed E-state index contributed by atoms with van der Waals surface area (Å²) in [6.45, 7) is 6.35. The van der Waals surface area contributed by atoms with Crippen molar-refractivity contribution >= 4 is 5.91 Å². The zero-order valence-electron chi connectivity index (χ0n) is 16.3. The first-order valence-electron chi connectivity index (χ1n) is 9.95. The molecule has 0 aromatic carbocycles. The molecule has 0 N–H and O–H groups in total. The van der Waals surface area contributed by atoms with E-state index in [4.69, 9.17) is 0 Å². The largest absolute Gasteiger partial charge is 0.343 e. The van der Waals surface area contributed by atoms with E-state index in [1.54, 1.807) is 13.1 Å². The van der Waals surface area contributed by atoms with E-state index in [0.717, 1.165) is 50.7 Å². The van der Waals surface area contributed by atoms with E-state index in [-0.39, 0.29) is 5.91 Å². The molecule has 2 aromatic heterocycles. The van der Waals surface area contributed by atoms with Gasteiger partial charge in [0, 0.05) is 58.0 Å². The molecular weight excluding hydrogens is 342 g/mol. The summed E-state index contributed by atoms with van der Waals surface area (Å²) in [5.41, 5.74) is 0. The van der Waals surface area contributed by atoms with Crippen LogP contribution >= 0.6 is 0 Å². The van der Waals surface area contributed by atoms with Gasteiger partial charge in [0.15, 0.2) is 5.82 Å². The fourth-order valence-corrected chi connectivity index (χ4v) is 4.51. The third kappa shape index (κ3) is 3.90. The van der Waals surface area contributed by atoms with Crippen LogP contribution in [0.15, 0.2) is 18.7 Å². The molecule has 27 heavy (non-hydrogen) atoms. The van der Waals surface area contributed by atoms with E-state index in [0.29, 0.717) is 18.5 Å². The Kier molecular flexibility index (Phi) is 5.24. The Hall–Kier alpha value is -2.22. The Labute approximate surface area is 160 Å². The number of amides is 1. The zero-order chi connectivity index (χ0) is 18.8. The lowest BCUT2D eigenvalue weighted by Gasteiger charge is -2.42. The SMILES string of the molecule is CC(=O)N1CCC(N2CCC[C@@H](c3nnc(Cn4ccnc4)n3C)C2)CC1. The first-order valence-corrected chi connectivity index (χ1v) is 9.95. The van der Waals surface area contributed by atoms with E-state index < -0.39 is 0 Å². The van der Waals surface area contributed by atoms with Gasteiger partial charge in [-0.05, 0) is 32.2 Å². The lowest BCUT2D eigenvalue weighted by molar-refractivity contribution is -0.130. The minimum Gasteiger partial charge on any atom is -0.343 e. The van der Waals surface area contributed by atoms with Gasteiger partial charge < -0.3 is 14.0 Å². The topological polar surface area (TPSA) is 72.1 Å². The Balaban J connectivity index is 1.40. The van der Waals surface area contributed by atoms with Crippen molar-refractivity contribution in [2.45, 2.75) is 51.1 Å². The summed E-state index contributed by atoms with van der Waals surface area (Å²) in [5, 5.41) is 8.97. The molecule has 1 atom stereocenters. The van der Waals surface area contributed by atoms with Crippen LogP contribution in [0.3, 0.4) is 0 Å². The van der Waals surface area contributed by atoms with Crippen molar-refractivity contribution in [2.75, 3.05) is 26.2 Å². The Bertz CT molecular complexity index is 761. The first kappa shape index (κ1) is 18.2. The van der Waals surface area contributed by atoms with Crippen LogP contribution in [0, 0.1) is 0 Å². The van der Waals surface area contributed by atoms with E-state index in [9.17, 15) is 4.79 Å². The monoisotopic (exact) mass is 371 g/mol. The van der Waals surface area contributed by atoms with E-state index >= 15 is 0 Å². The summed E-state index contributed by atoms with van der Waals surface area (Å²) >= 11 is 0. The number of hydrogen-bond acceptors (Lipinski definition) is 5. The van der Waals surface area contributed by atoms with Gasteiger partial charge >= 0.3 is 0 Å². The van der Waals surface area contributed by atoms with Crippen molar-refractivity contribution in [2.24, 2.45) is 7.05 Å². The Morgan fingerprint density at radius 2 is 2.00 bits per heavy atom. The van der Waals surface area contributed by atoms with Gasteiger partial charge in [-0.25, -0.2) is 4.98 Å². The molecule has 0 radical (unpaired) electrons. The molecule has 0 unspecified atom stereocenters. The molecule has 8 heteroatoms. The number of carbonyl (C=O) groups is 1. The van der Waals surface area contributed by atoms with Gasteiger partial charge in [0.2, 0.25) is 5.91 Å². The number of rotatable bonds is 4. The van der Waals surface area contributed by atoms with Crippen molar-refractivity contribution < 1.29 is 4.79 Å². The Morgan fingerprint density at radius 1 is 1.19 bits per heavy atom. The average Bonchev–Trinajstić information content (AvgIpc) is 3.33. The molecule has 146 valence electrons. The standard InChI is InChI=1S/C19H29N7O/c1-15(27)25-9-5-17(6-10-25)26-8-3-4-16(12-26)19-22-21-18(23(19)2)13-24-11-7-20-14-24/h7,11,14,16-17H,3-6,8-10,12-13H2,1-2H3/t16-/m1/s1. The second-order valence-electron chi connectivity index (χ2n) is 7.84. The highest BCUT2D eigenvalue weighted by atomic mass is 16.2. The molecule has 2 aliphatic heterocycles. The maximum atomic E-state index is 11.6. The summed E-state index contributed by atoms with van der Waals surface area (Å²) in [4.78, 5) is 20.3. The molecule has 2 aliphatic rings. The second kappa shape index (κ2) is 7.80. The van der Waals surface area contributed by atoms with E-state index in [1.807, 2.05) is 22.0 Å². The highest BCUT2D eigenvalue weighted by Gasteiger charge is 2.31. The lowest BCUT2D eigenvalue weighted by atomic mass is 9.93. The highest BCUT2D eigenvalue weighted by Crippen LogP contribution is 2.29. The van der Waals surface area contributed by atoms with Crippen LogP contribution in [0.4, 0.5) is 0 Å². The van der Waals surface area contributed by atoms with Crippen LogP contribution in [0.2, 0.25) is 0 Å². The maximum absolute atomic E-state index is 11.6. The molecule has 0 aliphatic carbocycles. The first-order chi connectivity index (χ1) is 13.1. The number of likely N-dealkylation sites (tertiary alicyclic amines) is 2. The third-order valence-electron chi connectivity index (χ3n) is 6.13. The van der Waals surface area contributed by atoms with Gasteiger partial charge in [-0.1, -0.05) is 0 Å². The van der Waals surface area contributed by atoms with Gasteiger partial charge in [0.05, 0.1) is 12.9 Å². The van der Waals surface area contributed by atoms with Crippen molar-refractivity contribution in [1.29, 1.82) is 0 Å². The van der Waals surface area contributed by atoms with Crippen LogP contribution in [0.1, 0.15) is 50.2 Å². The molecule has 0 spiro atoms. The zero-order valence-corrected chi connectivity index (χ0v) is 16.3. The number of piperidine rings is 2. The molecule has 8 nitrogen and oxygen atoms in total. The summed E-state index contributed by atoms with van der Waals surface area (Å²) in [5.74, 6) is 2.69. The normalized spacial score (nSPS) is 22.3. The maximum Gasteiger partial charge on any atom is 0.219 e. The van der Waals surface area contributed by atoms with E-state index in [1.165, 1.54) is 12.8 Å². The minimum absolute atomic E-state index is 0.203. The molecule has 2 fully saturated rings. The smallest absolute Gasteiger partial charge is 0.219 e. The molecule has 4 heterocycles. The third-order valence-corrected chi connectivity index (χ3v) is 6.13. The van der Waals surface area contributed by atoms with Crippen molar-refractivity contribution in [3.8, 4) is 0 Å². The number of nitrogens with zero attached hydrogens (tertiary/aromatic N) is 7. The summed E-state index contributed by atoms with van der Waals surface area (Å²) in [6, 6.07) is 0.585. The number of carbonyl (C=O) groups excluding carboxylic acids is 1. The minimum atomic E-state index is 0.203. The van der Waals surface area contributed by atoms with Gasteiger partial charge in [-0.2, -0.15) is 0 Å². The van der Waals surface area contributed by atoms with Crippen LogP contribution in [0.5, 0.6) is 0 Å². The lowest BCUT2D eigenvalue weighted by Crippen LogP contribution is -2.49. The summed E-state index contributed by atoms with van der Waals surface area (Å²) in [7, 11) is 2.08. The van der Waals surface area contributed by atoms with Crippen molar-refractivity contribution in [1.82, 2.24) is 34.1 Å². The van der Waals surface area contributed by atoms with Crippen LogP contribution < -0.4 is 0 Å². The molecule has 2 saturated heterocycles. The molecule has 0 saturated carbocycles. The molecule has 1 amide bonds. The van der Waals surface area contributed by atoms with Crippen LogP contribution in [-0.4, -0.2) is 72.2 Å². The van der Waals surface area contributed by atoms with Gasteiger partial charge in [-0.15, -0.1) is 10.2 Å². The molecule has 4 rings (SSSR count). The molecule has 0 bridgehead atoms. The fourth-order valence-electron chi connectivity index (χ4n) is 4.51. The van der Waals surface area contributed by atoms with Gasteiger partial charge in [0.1, 0.15) is 5.82 Å². The predicted molar refractivity (Wildman–Crippen MR) is 101 cm³/mol. The second-order valence-corrected chi connectivity index (χ2v) is 7.84. The van der Waals surface area contributed by atoms with Crippen molar-refractivity contribution in [3.63, 3.8) is 0 Å². The number of hydrogen-bond donors (Lipinski definition) is 0.